The second-order valence-electron chi connectivity index (χ2n) is 8.45. The molecule has 0 radical (unpaired) electrons. The summed E-state index contributed by atoms with van der Waals surface area (Å²) in [5, 5.41) is 6.67. The fourth-order valence-electron chi connectivity index (χ4n) is 4.30. The van der Waals surface area contributed by atoms with Crippen LogP contribution < -0.4 is 5.56 Å². The molecule has 1 aliphatic rings. The lowest BCUT2D eigenvalue weighted by molar-refractivity contribution is 0.0728. The predicted molar refractivity (Wildman–Crippen MR) is 123 cm³/mol. The quantitative estimate of drug-likeness (QED) is 0.471. The minimum atomic E-state index is -0.148. The van der Waals surface area contributed by atoms with Crippen LogP contribution in [0.4, 0.5) is 0 Å². The van der Waals surface area contributed by atoms with Crippen LogP contribution in [0.3, 0.4) is 0 Å². The van der Waals surface area contributed by atoms with Gasteiger partial charge in [0, 0.05) is 18.5 Å². The lowest BCUT2D eigenvalue weighted by atomic mass is 10.1. The van der Waals surface area contributed by atoms with Gasteiger partial charge in [0.15, 0.2) is 5.69 Å². The molecule has 0 saturated carbocycles. The molecule has 1 saturated heterocycles. The summed E-state index contributed by atoms with van der Waals surface area (Å²) >= 11 is 1.65. The minimum absolute atomic E-state index is 0.0593. The van der Waals surface area contributed by atoms with Gasteiger partial charge in [-0.1, -0.05) is 44.2 Å². The van der Waals surface area contributed by atoms with Crippen molar-refractivity contribution in [2.24, 2.45) is 5.92 Å². The Hall–Kier alpha value is -3.06. The van der Waals surface area contributed by atoms with E-state index < -0.39 is 0 Å². The van der Waals surface area contributed by atoms with Gasteiger partial charge in [-0.3, -0.25) is 9.59 Å². The van der Waals surface area contributed by atoms with Crippen molar-refractivity contribution in [2.75, 3.05) is 6.54 Å². The predicted octanol–water partition coefficient (Wildman–Crippen LogP) is 4.64. The summed E-state index contributed by atoms with van der Waals surface area (Å²) in [4.78, 5) is 33.3. The van der Waals surface area contributed by atoms with Crippen molar-refractivity contribution in [3.8, 4) is 0 Å². The minimum Gasteiger partial charge on any atom is -0.328 e. The van der Waals surface area contributed by atoms with Crippen molar-refractivity contribution in [3.63, 3.8) is 0 Å². The maximum Gasteiger partial charge on any atom is 0.275 e. The highest BCUT2D eigenvalue weighted by molar-refractivity contribution is 7.18. The monoisotopic (exact) mass is 432 g/mol. The van der Waals surface area contributed by atoms with E-state index in [1.807, 2.05) is 55.1 Å². The van der Waals surface area contributed by atoms with Gasteiger partial charge in [-0.25, -0.2) is 9.67 Å². The number of carbonyl (C=O) groups excluding carboxylic acids is 1. The summed E-state index contributed by atoms with van der Waals surface area (Å²) in [6.45, 7) is 5.22. The Morgan fingerprint density at radius 3 is 2.65 bits per heavy atom. The maximum absolute atomic E-state index is 13.7. The molecule has 31 heavy (non-hydrogen) atoms. The molecule has 7 heteroatoms. The molecule has 1 fully saturated rings. The average molecular weight is 433 g/mol. The Morgan fingerprint density at radius 2 is 1.87 bits per heavy atom. The molecule has 0 aliphatic carbocycles. The van der Waals surface area contributed by atoms with Gasteiger partial charge in [0.2, 0.25) is 0 Å². The Labute approximate surface area is 184 Å². The molecule has 0 N–H and O–H groups in total. The van der Waals surface area contributed by atoms with Crippen LogP contribution >= 0.6 is 11.3 Å². The number of fused-ring (bicyclic) bond motifs is 2. The number of carbonyl (C=O) groups is 1. The SMILES string of the molecule is CC(C)Cn1nc(C(=O)N2CCCC2c2nc3ccccc3s2)c2ccccc2c1=O. The first kappa shape index (κ1) is 19.9. The summed E-state index contributed by atoms with van der Waals surface area (Å²) in [6.07, 6.45) is 1.81. The van der Waals surface area contributed by atoms with E-state index in [2.05, 4.69) is 11.2 Å². The number of likely N-dealkylation sites (tertiary alicyclic amines) is 1. The summed E-state index contributed by atoms with van der Waals surface area (Å²) < 4.78 is 2.58. The molecule has 0 spiro atoms. The van der Waals surface area contributed by atoms with Gasteiger partial charge in [0.05, 0.1) is 21.6 Å². The van der Waals surface area contributed by atoms with Crippen LogP contribution in [-0.2, 0) is 6.54 Å². The van der Waals surface area contributed by atoms with Gasteiger partial charge in [-0.15, -0.1) is 11.3 Å². The van der Waals surface area contributed by atoms with E-state index in [-0.39, 0.29) is 23.4 Å². The van der Waals surface area contributed by atoms with Crippen LogP contribution in [0.15, 0.2) is 53.3 Å². The Morgan fingerprint density at radius 1 is 1.13 bits per heavy atom. The van der Waals surface area contributed by atoms with Gasteiger partial charge in [-0.05, 0) is 37.0 Å². The third kappa shape index (κ3) is 3.53. The van der Waals surface area contributed by atoms with Gasteiger partial charge >= 0.3 is 0 Å². The topological polar surface area (TPSA) is 68.1 Å². The van der Waals surface area contributed by atoms with Gasteiger partial charge in [0.25, 0.3) is 11.5 Å². The third-order valence-corrected chi connectivity index (χ3v) is 6.86. The highest BCUT2D eigenvalue weighted by atomic mass is 32.1. The Balaban J connectivity index is 1.58. The largest absolute Gasteiger partial charge is 0.328 e. The first-order chi connectivity index (χ1) is 15.0. The standard InChI is InChI=1S/C24H24N4O2S/c1-15(2)14-28-23(29)17-9-4-3-8-16(17)21(26-28)24(30)27-13-7-11-19(27)22-25-18-10-5-6-12-20(18)31-22/h3-6,8-10,12,15,19H,7,11,13-14H2,1-2H3. The molecule has 3 heterocycles. The molecule has 158 valence electrons. The molecule has 2 aromatic carbocycles. The second kappa shape index (κ2) is 7.89. The van der Waals surface area contributed by atoms with Crippen LogP contribution in [-0.4, -0.2) is 32.1 Å². The first-order valence-electron chi connectivity index (χ1n) is 10.7. The zero-order chi connectivity index (χ0) is 21.5. The van der Waals surface area contributed by atoms with Crippen molar-refractivity contribution in [3.05, 3.63) is 69.6 Å². The van der Waals surface area contributed by atoms with E-state index in [4.69, 9.17) is 4.98 Å². The number of hydrogen-bond donors (Lipinski definition) is 0. The second-order valence-corrected chi connectivity index (χ2v) is 9.51. The third-order valence-electron chi connectivity index (χ3n) is 5.72. The van der Waals surface area contributed by atoms with Crippen LogP contribution in [0.25, 0.3) is 21.0 Å². The summed E-state index contributed by atoms with van der Waals surface area (Å²) in [7, 11) is 0. The van der Waals surface area contributed by atoms with Crippen molar-refractivity contribution >= 4 is 38.2 Å². The van der Waals surface area contributed by atoms with Crippen molar-refractivity contribution in [1.82, 2.24) is 19.7 Å². The highest BCUT2D eigenvalue weighted by Gasteiger charge is 2.34. The van der Waals surface area contributed by atoms with E-state index in [0.29, 0.717) is 29.6 Å². The molecule has 4 aromatic rings. The van der Waals surface area contributed by atoms with Crippen molar-refractivity contribution in [2.45, 2.75) is 39.3 Å². The van der Waals surface area contributed by atoms with Gasteiger partial charge in [0.1, 0.15) is 5.01 Å². The summed E-state index contributed by atoms with van der Waals surface area (Å²) in [5.41, 5.74) is 1.17. The Bertz CT molecular complexity index is 1310. The number of para-hydroxylation sites is 1. The number of amides is 1. The number of thiazole rings is 1. The van der Waals surface area contributed by atoms with E-state index in [0.717, 1.165) is 28.1 Å². The molecule has 1 aliphatic heterocycles. The number of aromatic nitrogens is 3. The van der Waals surface area contributed by atoms with Crippen LogP contribution in [0.1, 0.15) is 48.2 Å². The van der Waals surface area contributed by atoms with Crippen LogP contribution in [0.5, 0.6) is 0 Å². The zero-order valence-corrected chi connectivity index (χ0v) is 18.4. The molecule has 6 nitrogen and oxygen atoms in total. The van der Waals surface area contributed by atoms with Crippen molar-refractivity contribution < 1.29 is 4.79 Å². The number of benzene rings is 2. The molecule has 5 rings (SSSR count). The van der Waals surface area contributed by atoms with E-state index in [9.17, 15) is 9.59 Å². The lowest BCUT2D eigenvalue weighted by Gasteiger charge is -2.23. The lowest BCUT2D eigenvalue weighted by Crippen LogP contribution is -2.34. The highest BCUT2D eigenvalue weighted by Crippen LogP contribution is 2.37. The smallest absolute Gasteiger partial charge is 0.275 e. The molecule has 0 bridgehead atoms. The summed E-state index contributed by atoms with van der Waals surface area (Å²) in [5.74, 6) is 0.118. The van der Waals surface area contributed by atoms with Gasteiger partial charge in [-0.2, -0.15) is 5.10 Å². The van der Waals surface area contributed by atoms with Crippen LogP contribution in [0.2, 0.25) is 0 Å². The molecule has 1 atom stereocenters. The average Bonchev–Trinajstić information content (AvgIpc) is 3.41. The molecule has 1 amide bonds. The molecule has 2 aromatic heterocycles. The van der Waals surface area contributed by atoms with E-state index >= 15 is 0 Å². The van der Waals surface area contributed by atoms with E-state index in [1.54, 1.807) is 17.4 Å². The molecule has 1 unspecified atom stereocenters. The number of hydrogen-bond acceptors (Lipinski definition) is 5. The Kier molecular flexibility index (Phi) is 5.06. The number of nitrogens with zero attached hydrogens (tertiary/aromatic N) is 4. The van der Waals surface area contributed by atoms with Crippen molar-refractivity contribution in [1.29, 1.82) is 0 Å². The fourth-order valence-corrected chi connectivity index (χ4v) is 5.41. The number of rotatable bonds is 4. The zero-order valence-electron chi connectivity index (χ0n) is 17.6. The normalized spacial score (nSPS) is 16.6. The van der Waals surface area contributed by atoms with Crippen LogP contribution in [0, 0.1) is 5.92 Å². The fraction of sp³-hybridized carbons (Fsp3) is 0.333. The molecular weight excluding hydrogens is 408 g/mol. The van der Waals surface area contributed by atoms with Gasteiger partial charge < -0.3 is 4.90 Å². The van der Waals surface area contributed by atoms with E-state index in [1.165, 1.54) is 4.68 Å². The summed E-state index contributed by atoms with van der Waals surface area (Å²) in [6, 6.07) is 15.3. The first-order valence-corrected chi connectivity index (χ1v) is 11.5. The molecular formula is C24H24N4O2S. The maximum atomic E-state index is 13.7.